The van der Waals surface area contributed by atoms with Crippen molar-refractivity contribution in [1.29, 1.82) is 0 Å². The quantitative estimate of drug-likeness (QED) is 0.533. The van der Waals surface area contributed by atoms with Crippen LogP contribution in [-0.4, -0.2) is 53.5 Å². The highest BCUT2D eigenvalue weighted by molar-refractivity contribution is 6.31. The van der Waals surface area contributed by atoms with Crippen LogP contribution in [0.15, 0.2) is 36.4 Å². The summed E-state index contributed by atoms with van der Waals surface area (Å²) in [5.74, 6) is 0.614. The lowest BCUT2D eigenvalue weighted by Crippen LogP contribution is -2.31. The van der Waals surface area contributed by atoms with E-state index >= 15 is 0 Å². The third kappa shape index (κ3) is 3.75. The number of aromatic hydroxyl groups is 1. The topological polar surface area (TPSA) is 87.7 Å². The second-order valence-electron chi connectivity index (χ2n) is 7.50. The number of aromatic amines is 1. The van der Waals surface area contributed by atoms with Crippen molar-refractivity contribution in [1.82, 2.24) is 15.1 Å². The number of methoxy groups -OCH3 is 2. The van der Waals surface area contributed by atoms with Gasteiger partial charge in [-0.05, 0) is 48.7 Å². The second-order valence-corrected chi connectivity index (χ2v) is 7.91. The van der Waals surface area contributed by atoms with Crippen LogP contribution >= 0.6 is 11.6 Å². The van der Waals surface area contributed by atoms with E-state index in [1.54, 1.807) is 31.3 Å². The average Bonchev–Trinajstić information content (AvgIpc) is 3.30. The molecule has 0 saturated heterocycles. The van der Waals surface area contributed by atoms with Gasteiger partial charge in [-0.3, -0.25) is 9.89 Å². The Balaban J connectivity index is 1.87. The van der Waals surface area contributed by atoms with E-state index in [1.165, 1.54) is 0 Å². The SMILES string of the molecule is COCCCN1C(=O)c2[nH]nc(-c3cc(Cl)c(C)cc3O)c2C1c1cccc(OC)c1. The molecule has 2 heterocycles. The summed E-state index contributed by atoms with van der Waals surface area (Å²) >= 11 is 6.33. The number of aromatic nitrogens is 2. The van der Waals surface area contributed by atoms with Gasteiger partial charge in [-0.1, -0.05) is 23.7 Å². The maximum atomic E-state index is 13.3. The molecule has 3 aromatic rings. The first kappa shape index (κ1) is 21.2. The fourth-order valence-electron chi connectivity index (χ4n) is 4.03. The molecule has 7 nitrogen and oxygen atoms in total. The number of halogens is 1. The predicted octanol–water partition coefficient (Wildman–Crippen LogP) is 4.33. The number of phenolic OH excluding ortho intramolecular Hbond substituents is 1. The van der Waals surface area contributed by atoms with Crippen LogP contribution in [0.5, 0.6) is 11.5 Å². The zero-order chi connectivity index (χ0) is 22.1. The van der Waals surface area contributed by atoms with Gasteiger partial charge in [-0.2, -0.15) is 5.10 Å². The molecule has 1 aromatic heterocycles. The number of hydrogen-bond donors (Lipinski definition) is 2. The van der Waals surface area contributed by atoms with Crippen LogP contribution in [0.2, 0.25) is 5.02 Å². The summed E-state index contributed by atoms with van der Waals surface area (Å²) in [6.45, 7) is 2.88. The highest BCUT2D eigenvalue weighted by Gasteiger charge is 2.42. The summed E-state index contributed by atoms with van der Waals surface area (Å²) in [6.07, 6.45) is 0.692. The first-order valence-electron chi connectivity index (χ1n) is 9.97. The van der Waals surface area contributed by atoms with E-state index in [2.05, 4.69) is 10.2 Å². The van der Waals surface area contributed by atoms with Crippen molar-refractivity contribution in [3.05, 3.63) is 63.8 Å². The Morgan fingerprint density at radius 1 is 1.26 bits per heavy atom. The molecule has 31 heavy (non-hydrogen) atoms. The van der Waals surface area contributed by atoms with Crippen molar-refractivity contribution in [2.45, 2.75) is 19.4 Å². The van der Waals surface area contributed by atoms with Crippen LogP contribution in [0.3, 0.4) is 0 Å². The Morgan fingerprint density at radius 2 is 2.06 bits per heavy atom. The van der Waals surface area contributed by atoms with E-state index < -0.39 is 0 Å². The molecule has 0 aliphatic carbocycles. The first-order valence-corrected chi connectivity index (χ1v) is 10.4. The highest BCUT2D eigenvalue weighted by atomic mass is 35.5. The van der Waals surface area contributed by atoms with Crippen LogP contribution in [0, 0.1) is 6.92 Å². The molecule has 0 fully saturated rings. The molecular formula is C23H24ClN3O4. The van der Waals surface area contributed by atoms with Gasteiger partial charge in [-0.25, -0.2) is 0 Å². The normalized spacial score (nSPS) is 15.4. The lowest BCUT2D eigenvalue weighted by atomic mass is 9.95. The number of hydrogen-bond acceptors (Lipinski definition) is 5. The Kier molecular flexibility index (Phi) is 5.89. The minimum absolute atomic E-state index is 0.0610. The Labute approximate surface area is 185 Å². The first-order chi connectivity index (χ1) is 15.0. The van der Waals surface area contributed by atoms with Gasteiger partial charge in [-0.15, -0.1) is 0 Å². The number of ether oxygens (including phenoxy) is 2. The molecule has 162 valence electrons. The lowest BCUT2D eigenvalue weighted by Gasteiger charge is -2.26. The van der Waals surface area contributed by atoms with Crippen LogP contribution in [0.25, 0.3) is 11.3 Å². The number of aryl methyl sites for hydroxylation is 1. The summed E-state index contributed by atoms with van der Waals surface area (Å²) in [7, 11) is 3.25. The van der Waals surface area contributed by atoms with Gasteiger partial charge in [0.05, 0.1) is 13.2 Å². The van der Waals surface area contributed by atoms with E-state index in [4.69, 9.17) is 21.1 Å². The van der Waals surface area contributed by atoms with E-state index in [-0.39, 0.29) is 17.7 Å². The maximum Gasteiger partial charge on any atom is 0.273 e. The molecule has 1 aliphatic rings. The summed E-state index contributed by atoms with van der Waals surface area (Å²) in [6, 6.07) is 10.5. The van der Waals surface area contributed by atoms with E-state index in [0.29, 0.717) is 52.9 Å². The molecule has 0 bridgehead atoms. The number of nitrogens with one attached hydrogen (secondary N) is 1. The summed E-state index contributed by atoms with van der Waals surface area (Å²) < 4.78 is 10.6. The average molecular weight is 442 g/mol. The number of carbonyl (C=O) groups excluding carboxylic acids is 1. The van der Waals surface area contributed by atoms with Gasteiger partial charge >= 0.3 is 0 Å². The molecular weight excluding hydrogens is 418 g/mol. The molecule has 0 saturated carbocycles. The second kappa shape index (κ2) is 8.61. The number of rotatable bonds is 7. The van der Waals surface area contributed by atoms with Gasteiger partial charge in [0.1, 0.15) is 22.9 Å². The monoisotopic (exact) mass is 441 g/mol. The molecule has 4 rings (SSSR count). The number of fused-ring (bicyclic) bond motifs is 1. The molecule has 2 aromatic carbocycles. The number of carbonyl (C=O) groups is 1. The van der Waals surface area contributed by atoms with E-state index in [9.17, 15) is 9.90 Å². The molecule has 1 unspecified atom stereocenters. The largest absolute Gasteiger partial charge is 0.507 e. The van der Waals surface area contributed by atoms with Gasteiger partial charge in [0.15, 0.2) is 0 Å². The molecule has 0 radical (unpaired) electrons. The molecule has 8 heteroatoms. The lowest BCUT2D eigenvalue weighted by molar-refractivity contribution is 0.0723. The van der Waals surface area contributed by atoms with Crippen molar-refractivity contribution >= 4 is 17.5 Å². The van der Waals surface area contributed by atoms with Crippen LogP contribution in [0.4, 0.5) is 0 Å². The number of nitrogens with zero attached hydrogens (tertiary/aromatic N) is 2. The molecule has 1 aliphatic heterocycles. The summed E-state index contributed by atoms with van der Waals surface area (Å²) in [5, 5.41) is 18.4. The van der Waals surface area contributed by atoms with Crippen molar-refractivity contribution in [3.63, 3.8) is 0 Å². The third-order valence-corrected chi connectivity index (χ3v) is 5.96. The van der Waals surface area contributed by atoms with Crippen LogP contribution in [0.1, 0.15) is 39.6 Å². The molecule has 2 N–H and O–H groups in total. The smallest absolute Gasteiger partial charge is 0.273 e. The Hall–Kier alpha value is -3.03. The van der Waals surface area contributed by atoms with E-state index in [1.807, 2.05) is 31.2 Å². The third-order valence-electron chi connectivity index (χ3n) is 5.55. The molecule has 1 atom stereocenters. The zero-order valence-corrected chi connectivity index (χ0v) is 18.4. The minimum atomic E-state index is -0.386. The standard InChI is InChI=1S/C23H24ClN3O4/c1-13-10-18(28)16(12-17(13)24)20-19-21(26-25-20)23(29)27(8-5-9-30-2)22(19)14-6-4-7-15(11-14)31-3/h4,6-7,10-12,22,28H,5,8-9H2,1-3H3,(H,25,26). The zero-order valence-electron chi connectivity index (χ0n) is 17.6. The van der Waals surface area contributed by atoms with Crippen molar-refractivity contribution < 1.29 is 19.4 Å². The summed E-state index contributed by atoms with van der Waals surface area (Å²) in [4.78, 5) is 15.1. The highest BCUT2D eigenvalue weighted by Crippen LogP contribution is 2.45. The maximum absolute atomic E-state index is 13.3. The van der Waals surface area contributed by atoms with Gasteiger partial charge in [0, 0.05) is 36.4 Å². The Bertz CT molecular complexity index is 1130. The van der Waals surface area contributed by atoms with Crippen molar-refractivity contribution in [2.75, 3.05) is 27.4 Å². The van der Waals surface area contributed by atoms with Gasteiger partial charge < -0.3 is 19.5 Å². The van der Waals surface area contributed by atoms with Crippen LogP contribution in [-0.2, 0) is 4.74 Å². The number of amides is 1. The minimum Gasteiger partial charge on any atom is -0.507 e. The number of benzene rings is 2. The fourth-order valence-corrected chi connectivity index (χ4v) is 4.19. The van der Waals surface area contributed by atoms with Crippen molar-refractivity contribution in [3.8, 4) is 22.8 Å². The molecule has 0 spiro atoms. The predicted molar refractivity (Wildman–Crippen MR) is 118 cm³/mol. The van der Waals surface area contributed by atoms with Gasteiger partial charge in [0.25, 0.3) is 5.91 Å². The number of H-pyrrole nitrogens is 1. The van der Waals surface area contributed by atoms with Crippen LogP contribution < -0.4 is 4.74 Å². The van der Waals surface area contributed by atoms with E-state index in [0.717, 1.165) is 11.1 Å². The fraction of sp³-hybridized carbons (Fsp3) is 0.304. The Morgan fingerprint density at radius 3 is 2.81 bits per heavy atom. The molecule has 1 amide bonds. The van der Waals surface area contributed by atoms with Gasteiger partial charge in [0.2, 0.25) is 0 Å². The van der Waals surface area contributed by atoms with Crippen molar-refractivity contribution in [2.24, 2.45) is 0 Å². The summed E-state index contributed by atoms with van der Waals surface area (Å²) in [5.41, 5.74) is 3.76. The number of phenols is 1.